The Morgan fingerprint density at radius 2 is 1.00 bits per heavy atom. The number of phenols is 1. The predicted octanol–water partition coefficient (Wildman–Crippen LogP) is 11.6. The van der Waals surface area contributed by atoms with Crippen molar-refractivity contribution >= 4 is 107 Å². The van der Waals surface area contributed by atoms with E-state index in [9.17, 15) is 55.8 Å². The van der Waals surface area contributed by atoms with Crippen LogP contribution in [0.2, 0.25) is 0 Å². The van der Waals surface area contributed by atoms with Crippen molar-refractivity contribution < 1.29 is 93.7 Å². The molecule has 5 aliphatic heterocycles. The number of methoxy groups -OCH3 is 4. The number of sulfonamides is 2. The third kappa shape index (κ3) is 17.0. The Kier molecular flexibility index (Phi) is 25.1. The predicted molar refractivity (Wildman–Crippen MR) is 424 cm³/mol. The molecule has 13 rings (SSSR count). The number of nitrogens with zero attached hydrogens (tertiary/aromatic N) is 5. The minimum absolute atomic E-state index is 0.0386. The number of rotatable bonds is 25. The van der Waals surface area contributed by atoms with Gasteiger partial charge in [-0.25, -0.2) is 45.7 Å². The van der Waals surface area contributed by atoms with Crippen LogP contribution < -0.4 is 43.1 Å². The zero-order valence-corrected chi connectivity index (χ0v) is 65.1. The third-order valence-corrected chi connectivity index (χ3v) is 23.4. The van der Waals surface area contributed by atoms with E-state index in [1.54, 1.807) is 75.4 Å². The number of aromatic hydroxyl groups is 1. The van der Waals surface area contributed by atoms with Crippen LogP contribution in [0, 0.1) is 0 Å². The van der Waals surface area contributed by atoms with Gasteiger partial charge in [-0.05, 0) is 119 Å². The van der Waals surface area contributed by atoms with Gasteiger partial charge in [-0.2, -0.15) is 0 Å². The fraction of sp³-hybridized carbons (Fsp3) is 0.277. The van der Waals surface area contributed by atoms with Crippen LogP contribution in [-0.2, 0) is 74.6 Å². The highest BCUT2D eigenvalue weighted by atomic mass is 35.5. The van der Waals surface area contributed by atoms with Gasteiger partial charge in [0, 0.05) is 69.2 Å². The summed E-state index contributed by atoms with van der Waals surface area (Å²) < 4.78 is 101. The van der Waals surface area contributed by atoms with E-state index in [0.29, 0.717) is 34.6 Å². The number of ether oxygens (including phenoxy) is 8. The van der Waals surface area contributed by atoms with E-state index in [0.717, 1.165) is 44.3 Å². The third-order valence-electron chi connectivity index (χ3n) is 20.2. The summed E-state index contributed by atoms with van der Waals surface area (Å²) in [7, 11) is 1.18. The fourth-order valence-electron chi connectivity index (χ4n) is 14.8. The van der Waals surface area contributed by atoms with Gasteiger partial charge in [0.25, 0.3) is 11.8 Å². The van der Waals surface area contributed by atoms with Crippen LogP contribution in [0.25, 0.3) is 21.9 Å². The molecule has 0 aromatic heterocycles. The summed E-state index contributed by atoms with van der Waals surface area (Å²) in [6.45, 7) is 7.93. The first-order valence-corrected chi connectivity index (χ1v) is 39.4. The molecule has 5 atom stereocenters. The SMILES string of the molecule is C=CCOC(=O)N1c2cc(OCc3cccc(CC(=O)N4C[C@@H](CCl)c5c4cc(O)c4ccccc54)c3)c(OC)cc2C(=O)N2CC=C(c3ccc(S(=O)(=O)NC)cc3)C[C@H]2C1OC.C=CCOC(=O)N1c2cc(OCc3cccc(CC(=O)O)c3)c(OC)cc2C(=O)N2CC=C(c3ccc(S(=O)(=O)NC)cc3)C[C@H]2C1OC. The van der Waals surface area contributed by atoms with Gasteiger partial charge < -0.3 is 62.8 Å². The van der Waals surface area contributed by atoms with Crippen LogP contribution in [-0.4, -0.2) is 179 Å². The molecule has 0 radical (unpaired) electrons. The molecular weight excluding hydrogens is 1510 g/mol. The number of benzene rings is 8. The highest BCUT2D eigenvalue weighted by Crippen LogP contribution is 2.48. The number of carbonyl (C=O) groups is 6. The summed E-state index contributed by atoms with van der Waals surface area (Å²) in [6, 6.07) is 41.2. The number of fused-ring (bicyclic) bond motifs is 7. The summed E-state index contributed by atoms with van der Waals surface area (Å²) >= 11 is 6.42. The number of aliphatic carboxylic acids is 1. The number of halogens is 1. The van der Waals surface area contributed by atoms with Gasteiger partial charge in [0.2, 0.25) is 26.0 Å². The van der Waals surface area contributed by atoms with E-state index in [1.807, 2.05) is 60.7 Å². The van der Waals surface area contributed by atoms with E-state index in [1.165, 1.54) is 107 Å². The van der Waals surface area contributed by atoms with E-state index in [2.05, 4.69) is 22.6 Å². The number of amides is 5. The minimum Gasteiger partial charge on any atom is -0.507 e. The number of nitrogens with one attached hydrogen (secondary N) is 2. The molecule has 4 N–H and O–H groups in total. The first kappa shape index (κ1) is 80.9. The molecule has 0 bridgehead atoms. The second-order valence-corrected chi connectivity index (χ2v) is 30.9. The highest BCUT2D eigenvalue weighted by molar-refractivity contribution is 7.89. The molecule has 0 saturated carbocycles. The van der Waals surface area contributed by atoms with Crippen molar-refractivity contribution in [1.82, 2.24) is 19.2 Å². The topological polar surface area (TPSA) is 325 Å². The molecule has 5 heterocycles. The first-order valence-electron chi connectivity index (χ1n) is 35.9. The average Bonchev–Trinajstić information content (AvgIpc) is 1.63. The lowest BCUT2D eigenvalue weighted by Crippen LogP contribution is -2.55. The molecule has 0 spiro atoms. The summed E-state index contributed by atoms with van der Waals surface area (Å²) in [6.07, 6.45) is 3.52. The van der Waals surface area contributed by atoms with Crippen molar-refractivity contribution in [3.63, 3.8) is 0 Å². The molecule has 113 heavy (non-hydrogen) atoms. The molecule has 8 aromatic rings. The molecule has 27 nitrogen and oxygen atoms in total. The maximum Gasteiger partial charge on any atom is 0.416 e. The number of carboxylic acid groups (broad SMARTS) is 1. The number of hydrogen-bond donors (Lipinski definition) is 4. The Bertz CT molecular complexity index is 5330. The lowest BCUT2D eigenvalue weighted by Gasteiger charge is -2.40. The van der Waals surface area contributed by atoms with Gasteiger partial charge in [0.1, 0.15) is 32.2 Å². The number of carbonyl (C=O) groups excluding carboxylic acids is 5. The number of hydrogen-bond acceptors (Lipinski definition) is 19. The van der Waals surface area contributed by atoms with E-state index in [4.69, 9.17) is 49.5 Å². The Morgan fingerprint density at radius 1 is 0.558 bits per heavy atom. The van der Waals surface area contributed by atoms with Gasteiger partial charge in [-0.1, -0.05) is 135 Å². The monoisotopic (exact) mass is 1600 g/mol. The molecule has 5 aliphatic rings. The standard InChI is InChI=1S/C48H47ClN4O10S.C35H37N3O10S/c1-5-19-62-48(57)53-38-25-43(42(60-3)23-37(38)46(56)51-18-17-32(22-40(51)47(53)61-4)31-13-15-34(16-14-31)64(58,59)50-2)63-28-30-10-8-9-29(20-30)21-44(55)52-27-33(26-49)45-36-12-7-6-11-35(36)41(54)24-39(45)52;1-5-15-47-35(42)38-28-20-31(48-21-23-8-6-7-22(16-23)17-32(39)40)30(45-3)19-27(28)33(41)37-14-13-25(18-29(37)34(38)46-4)24-9-11-26(12-10-24)49(43,44)36-2/h5-17,20,23-25,33,40,47,50,54H,1,18-19,21-22,26-28H2,2-4H3;5-13,16,19-20,29,34,36H,1,14-15,17-18,21H2,2-4H3,(H,39,40)/t33-,40+,47?;29-,34?/m10/s1. The van der Waals surface area contributed by atoms with Crippen LogP contribution in [0.1, 0.15) is 78.4 Å². The number of carboxylic acids is 1. The van der Waals surface area contributed by atoms with Crippen molar-refractivity contribution in [3.8, 4) is 28.7 Å². The van der Waals surface area contributed by atoms with Crippen molar-refractivity contribution in [2.75, 3.05) is 96.0 Å². The summed E-state index contributed by atoms with van der Waals surface area (Å²) in [5.41, 5.74) is 8.25. The number of alkyl halides is 1. The summed E-state index contributed by atoms with van der Waals surface area (Å²) in [4.78, 5) is 89.5. The number of phenolic OH excluding ortho intramolecular Hbond substituents is 1. The molecule has 8 aromatic carbocycles. The largest absolute Gasteiger partial charge is 0.507 e. The van der Waals surface area contributed by atoms with E-state index in [-0.39, 0.29) is 150 Å². The molecule has 0 fully saturated rings. The Balaban J connectivity index is 0.000000217. The Labute approximate surface area is 658 Å². The minimum atomic E-state index is -3.65. The Morgan fingerprint density at radius 3 is 1.42 bits per heavy atom. The zero-order valence-electron chi connectivity index (χ0n) is 62.7. The van der Waals surface area contributed by atoms with Crippen molar-refractivity contribution in [1.29, 1.82) is 0 Å². The zero-order chi connectivity index (χ0) is 80.6. The average molecular weight is 1600 g/mol. The van der Waals surface area contributed by atoms with Crippen LogP contribution in [0.3, 0.4) is 0 Å². The number of anilines is 3. The quantitative estimate of drug-likeness (QED) is 0.0305. The second kappa shape index (κ2) is 35.0. The van der Waals surface area contributed by atoms with Crippen LogP contribution in [0.5, 0.6) is 28.7 Å². The summed E-state index contributed by atoms with van der Waals surface area (Å²) in [5, 5.41) is 21.6. The van der Waals surface area contributed by atoms with Crippen LogP contribution >= 0.6 is 11.6 Å². The fourth-order valence-corrected chi connectivity index (χ4v) is 16.5. The van der Waals surface area contributed by atoms with E-state index < -0.39 is 62.7 Å². The van der Waals surface area contributed by atoms with Crippen molar-refractivity contribution in [3.05, 3.63) is 239 Å². The lowest BCUT2D eigenvalue weighted by atomic mass is 9.93. The maximum atomic E-state index is 14.5. The molecular formula is C83H84ClN7O20S2. The summed E-state index contributed by atoms with van der Waals surface area (Å²) in [5.74, 6) is -0.595. The van der Waals surface area contributed by atoms with Gasteiger partial charge in [-0.3, -0.25) is 19.2 Å². The van der Waals surface area contributed by atoms with Gasteiger partial charge >= 0.3 is 18.2 Å². The smallest absolute Gasteiger partial charge is 0.416 e. The van der Waals surface area contributed by atoms with E-state index >= 15 is 0 Å². The van der Waals surface area contributed by atoms with Crippen molar-refractivity contribution in [2.45, 2.75) is 79.1 Å². The molecule has 30 heteroatoms. The van der Waals surface area contributed by atoms with Gasteiger partial charge in [0.15, 0.2) is 35.5 Å². The van der Waals surface area contributed by atoms with Gasteiger partial charge in [0.05, 0.1) is 77.1 Å². The van der Waals surface area contributed by atoms with Gasteiger partial charge in [-0.15, -0.1) is 11.6 Å². The van der Waals surface area contributed by atoms with Crippen LogP contribution in [0.15, 0.2) is 199 Å². The molecule has 590 valence electrons. The first-order chi connectivity index (χ1) is 54.4. The van der Waals surface area contributed by atoms with Crippen LogP contribution in [0.4, 0.5) is 26.7 Å². The maximum absolute atomic E-state index is 14.5. The highest BCUT2D eigenvalue weighted by Gasteiger charge is 2.48. The molecule has 2 unspecified atom stereocenters. The lowest BCUT2D eigenvalue weighted by molar-refractivity contribution is -0.136. The van der Waals surface area contributed by atoms with Crippen molar-refractivity contribution in [2.24, 2.45) is 0 Å². The normalized spacial score (nSPS) is 17.8. The second-order valence-electron chi connectivity index (χ2n) is 26.8. The molecule has 0 aliphatic carbocycles. The molecule has 0 saturated heterocycles. The Hall–Kier alpha value is -11.6. The molecule has 5 amide bonds.